The van der Waals surface area contributed by atoms with Crippen LogP contribution in [0.5, 0.6) is 0 Å². The topological polar surface area (TPSA) is 78.7 Å². The number of hydrogen-bond donors (Lipinski definition) is 1. The van der Waals surface area contributed by atoms with Crippen LogP contribution in [-0.2, 0) is 17.4 Å². The number of amides is 1. The number of nitrogens with zero attached hydrogens (tertiary/aromatic N) is 3. The van der Waals surface area contributed by atoms with Gasteiger partial charge in [0.25, 0.3) is 5.91 Å². The van der Waals surface area contributed by atoms with Crippen LogP contribution >= 0.6 is 22.9 Å². The molecule has 0 aliphatic carbocycles. The molecule has 5 nitrogen and oxygen atoms in total. The Bertz CT molecular complexity index is 870. The second-order valence-corrected chi connectivity index (χ2v) is 6.18. The number of nitriles is 1. The molecule has 0 bridgehead atoms. The van der Waals surface area contributed by atoms with Crippen LogP contribution in [0.25, 0.3) is 6.08 Å². The van der Waals surface area contributed by atoms with Gasteiger partial charge in [-0.1, -0.05) is 29.9 Å². The van der Waals surface area contributed by atoms with Gasteiger partial charge in [-0.15, -0.1) is 10.2 Å². The van der Waals surface area contributed by atoms with Crippen LogP contribution < -0.4 is 5.32 Å². The highest BCUT2D eigenvalue weighted by Gasteiger charge is 2.30. The zero-order valence-corrected chi connectivity index (χ0v) is 14.3. The van der Waals surface area contributed by atoms with Crippen molar-refractivity contribution in [3.05, 3.63) is 44.9 Å². The van der Waals surface area contributed by atoms with E-state index in [2.05, 4.69) is 15.5 Å². The van der Waals surface area contributed by atoms with Crippen LogP contribution in [0.3, 0.4) is 0 Å². The van der Waals surface area contributed by atoms with E-state index in [0.717, 1.165) is 35.6 Å². The van der Waals surface area contributed by atoms with Crippen LogP contribution in [0, 0.1) is 11.3 Å². The standard InChI is InChI=1S/C15H10ClF3N4OS/c1-2-12-22-23-14(25-12)21-13(24)9(7-20)5-8-6-10(15(17,18)19)3-4-11(8)16/h3-6H,2H2,1H3,(H,21,23,24)/b9-5+. The molecule has 0 aliphatic heterocycles. The molecule has 0 radical (unpaired) electrons. The summed E-state index contributed by atoms with van der Waals surface area (Å²) < 4.78 is 38.3. The number of aromatic nitrogens is 2. The molecule has 0 saturated heterocycles. The molecular formula is C15H10ClF3N4OS. The number of hydrogen-bond acceptors (Lipinski definition) is 5. The van der Waals surface area contributed by atoms with Crippen LogP contribution in [0.4, 0.5) is 18.3 Å². The number of halogens is 4. The van der Waals surface area contributed by atoms with Gasteiger partial charge in [-0.3, -0.25) is 10.1 Å². The number of carbonyl (C=O) groups excluding carboxylic acids is 1. The van der Waals surface area contributed by atoms with E-state index in [1.54, 1.807) is 6.07 Å². The average Bonchev–Trinajstić information content (AvgIpc) is 3.00. The predicted octanol–water partition coefficient (Wildman–Crippen LogP) is 4.32. The van der Waals surface area contributed by atoms with E-state index in [0.29, 0.717) is 11.4 Å². The average molecular weight is 387 g/mol. The molecule has 1 aromatic carbocycles. The third kappa shape index (κ3) is 4.78. The Balaban J connectivity index is 2.30. The molecule has 0 saturated carbocycles. The predicted molar refractivity (Wildman–Crippen MR) is 88.0 cm³/mol. The largest absolute Gasteiger partial charge is 0.416 e. The molecule has 1 aromatic heterocycles. The monoisotopic (exact) mass is 386 g/mol. The van der Waals surface area contributed by atoms with Gasteiger partial charge in [-0.25, -0.2) is 0 Å². The third-order valence-corrected chi connectivity index (χ3v) is 4.31. The molecule has 2 aromatic rings. The molecule has 2 rings (SSSR count). The molecule has 0 fully saturated rings. The van der Waals surface area contributed by atoms with Crippen LogP contribution in [0.15, 0.2) is 23.8 Å². The number of anilines is 1. The van der Waals surface area contributed by atoms with Gasteiger partial charge in [0.15, 0.2) is 0 Å². The fourth-order valence-corrected chi connectivity index (χ4v) is 2.59. The summed E-state index contributed by atoms with van der Waals surface area (Å²) >= 11 is 7.00. The lowest BCUT2D eigenvalue weighted by Gasteiger charge is -2.08. The Morgan fingerprint density at radius 1 is 1.44 bits per heavy atom. The number of nitrogens with one attached hydrogen (secondary N) is 1. The number of rotatable bonds is 4. The zero-order chi connectivity index (χ0) is 18.6. The first-order chi connectivity index (χ1) is 11.7. The Labute approximate surface area is 149 Å². The summed E-state index contributed by atoms with van der Waals surface area (Å²) in [7, 11) is 0. The van der Waals surface area contributed by atoms with Crippen molar-refractivity contribution in [2.24, 2.45) is 0 Å². The summed E-state index contributed by atoms with van der Waals surface area (Å²) in [6, 6.07) is 4.29. The highest BCUT2D eigenvalue weighted by Crippen LogP contribution is 2.32. The van der Waals surface area contributed by atoms with E-state index in [-0.39, 0.29) is 15.7 Å². The first kappa shape index (κ1) is 18.9. The van der Waals surface area contributed by atoms with Crippen LogP contribution in [0.1, 0.15) is 23.1 Å². The van der Waals surface area contributed by atoms with E-state index in [1.165, 1.54) is 0 Å². The highest BCUT2D eigenvalue weighted by atomic mass is 35.5. The number of alkyl halides is 3. The summed E-state index contributed by atoms with van der Waals surface area (Å²) in [4.78, 5) is 12.1. The van der Waals surface area contributed by atoms with Crippen molar-refractivity contribution in [1.29, 1.82) is 5.26 Å². The van der Waals surface area contributed by atoms with E-state index in [9.17, 15) is 18.0 Å². The van der Waals surface area contributed by atoms with Crippen molar-refractivity contribution in [1.82, 2.24) is 10.2 Å². The summed E-state index contributed by atoms with van der Waals surface area (Å²) in [6.07, 6.45) is -2.94. The van der Waals surface area contributed by atoms with Gasteiger partial charge in [-0.2, -0.15) is 18.4 Å². The van der Waals surface area contributed by atoms with E-state index in [1.807, 2.05) is 6.92 Å². The molecule has 0 atom stereocenters. The molecule has 0 unspecified atom stereocenters. The van der Waals surface area contributed by atoms with E-state index < -0.39 is 23.2 Å². The lowest BCUT2D eigenvalue weighted by Crippen LogP contribution is -2.13. The van der Waals surface area contributed by atoms with Gasteiger partial charge >= 0.3 is 6.18 Å². The summed E-state index contributed by atoms with van der Waals surface area (Å²) in [5.74, 6) is -0.810. The Kier molecular flexibility index (Phi) is 5.77. The molecule has 0 spiro atoms. The number of aryl methyl sites for hydroxylation is 1. The minimum atomic E-state index is -4.56. The minimum Gasteiger partial charge on any atom is -0.296 e. The summed E-state index contributed by atoms with van der Waals surface area (Å²) in [5.41, 5.74) is -1.43. The summed E-state index contributed by atoms with van der Waals surface area (Å²) in [6.45, 7) is 1.86. The maximum absolute atomic E-state index is 12.8. The van der Waals surface area contributed by atoms with Gasteiger partial charge in [0.2, 0.25) is 5.13 Å². The molecule has 0 aliphatic rings. The number of benzene rings is 1. The Hall–Kier alpha value is -2.44. The first-order valence-electron chi connectivity index (χ1n) is 6.87. The molecule has 1 heterocycles. The van der Waals surface area contributed by atoms with Crippen molar-refractivity contribution >= 4 is 40.1 Å². The maximum Gasteiger partial charge on any atom is 0.416 e. The first-order valence-corrected chi connectivity index (χ1v) is 8.06. The Morgan fingerprint density at radius 2 is 2.16 bits per heavy atom. The fraction of sp³-hybridized carbons (Fsp3) is 0.200. The van der Waals surface area contributed by atoms with Gasteiger partial charge in [0.05, 0.1) is 5.56 Å². The summed E-state index contributed by atoms with van der Waals surface area (Å²) in [5, 5.41) is 19.9. The molecular weight excluding hydrogens is 377 g/mol. The molecule has 25 heavy (non-hydrogen) atoms. The quantitative estimate of drug-likeness (QED) is 0.627. The van der Waals surface area contributed by atoms with Crippen LogP contribution in [-0.4, -0.2) is 16.1 Å². The van der Waals surface area contributed by atoms with Gasteiger partial charge in [0.1, 0.15) is 16.6 Å². The van der Waals surface area contributed by atoms with Crippen molar-refractivity contribution in [2.45, 2.75) is 19.5 Å². The van der Waals surface area contributed by atoms with E-state index >= 15 is 0 Å². The molecule has 10 heteroatoms. The Morgan fingerprint density at radius 3 is 2.72 bits per heavy atom. The smallest absolute Gasteiger partial charge is 0.296 e. The molecule has 1 amide bonds. The zero-order valence-electron chi connectivity index (χ0n) is 12.7. The van der Waals surface area contributed by atoms with Crippen LogP contribution in [0.2, 0.25) is 5.02 Å². The van der Waals surface area contributed by atoms with Crippen molar-refractivity contribution in [3.8, 4) is 6.07 Å². The maximum atomic E-state index is 12.8. The normalized spacial score (nSPS) is 11.9. The van der Waals surface area contributed by atoms with Crippen molar-refractivity contribution < 1.29 is 18.0 Å². The lowest BCUT2D eigenvalue weighted by atomic mass is 10.1. The van der Waals surface area contributed by atoms with Crippen molar-refractivity contribution in [2.75, 3.05) is 5.32 Å². The fourth-order valence-electron chi connectivity index (χ4n) is 1.75. The van der Waals surface area contributed by atoms with Crippen molar-refractivity contribution in [3.63, 3.8) is 0 Å². The van der Waals surface area contributed by atoms with Gasteiger partial charge in [-0.05, 0) is 36.3 Å². The lowest BCUT2D eigenvalue weighted by molar-refractivity contribution is -0.137. The SMILES string of the molecule is CCc1nnc(NC(=O)/C(C#N)=C/c2cc(C(F)(F)F)ccc2Cl)s1. The minimum absolute atomic E-state index is 0.0160. The molecule has 1 N–H and O–H groups in total. The van der Waals surface area contributed by atoms with Gasteiger partial charge in [0, 0.05) is 5.02 Å². The molecule has 130 valence electrons. The second kappa shape index (κ2) is 7.63. The van der Waals surface area contributed by atoms with E-state index in [4.69, 9.17) is 16.9 Å². The second-order valence-electron chi connectivity index (χ2n) is 4.71. The third-order valence-electron chi connectivity index (χ3n) is 2.98. The van der Waals surface area contributed by atoms with Gasteiger partial charge < -0.3 is 0 Å². The highest BCUT2D eigenvalue weighted by molar-refractivity contribution is 7.15. The number of carbonyl (C=O) groups is 1.